The van der Waals surface area contributed by atoms with Crippen LogP contribution in [0.25, 0.3) is 0 Å². The zero-order valence-electron chi connectivity index (χ0n) is 14.0. The molecule has 3 rings (SSSR count). The first-order chi connectivity index (χ1) is 11.3. The van der Waals surface area contributed by atoms with Crippen LogP contribution in [0.2, 0.25) is 0 Å². The molecule has 0 aliphatic heterocycles. The number of anilines is 1. The van der Waals surface area contributed by atoms with Gasteiger partial charge in [0.25, 0.3) is 0 Å². The molecule has 122 valence electrons. The number of benzene rings is 2. The van der Waals surface area contributed by atoms with E-state index in [4.69, 9.17) is 4.74 Å². The van der Waals surface area contributed by atoms with Crippen LogP contribution in [0.4, 0.5) is 5.69 Å². The normalized spacial score (nSPS) is 17.3. The molecule has 0 aromatic heterocycles. The van der Waals surface area contributed by atoms with Crippen LogP contribution in [0.1, 0.15) is 45.4 Å². The van der Waals surface area contributed by atoms with Crippen molar-refractivity contribution in [3.8, 4) is 11.5 Å². The molecule has 2 heteroatoms. The molecule has 0 radical (unpaired) electrons. The van der Waals surface area contributed by atoms with Gasteiger partial charge in [0.15, 0.2) is 0 Å². The zero-order valence-corrected chi connectivity index (χ0v) is 14.0. The highest BCUT2D eigenvalue weighted by Gasteiger charge is 2.18. The van der Waals surface area contributed by atoms with Crippen molar-refractivity contribution < 1.29 is 4.74 Å². The van der Waals surface area contributed by atoms with Gasteiger partial charge in [0, 0.05) is 11.7 Å². The van der Waals surface area contributed by atoms with Crippen molar-refractivity contribution in [3.05, 3.63) is 54.6 Å². The Morgan fingerprint density at radius 3 is 2.09 bits per heavy atom. The van der Waals surface area contributed by atoms with Gasteiger partial charge in [0.05, 0.1) is 0 Å². The largest absolute Gasteiger partial charge is 0.457 e. The maximum absolute atomic E-state index is 5.84. The Kier molecular flexibility index (Phi) is 5.57. The van der Waals surface area contributed by atoms with Crippen LogP contribution in [0.5, 0.6) is 11.5 Å². The first-order valence-electron chi connectivity index (χ1n) is 8.91. The van der Waals surface area contributed by atoms with Crippen molar-refractivity contribution >= 4 is 5.69 Å². The fraction of sp³-hybridized carbons (Fsp3) is 0.429. The van der Waals surface area contributed by atoms with E-state index >= 15 is 0 Å². The molecule has 1 N–H and O–H groups in total. The van der Waals surface area contributed by atoms with E-state index in [1.807, 2.05) is 42.5 Å². The van der Waals surface area contributed by atoms with Crippen molar-refractivity contribution in [3.63, 3.8) is 0 Å². The topological polar surface area (TPSA) is 21.3 Å². The van der Waals surface area contributed by atoms with E-state index in [-0.39, 0.29) is 0 Å². The van der Waals surface area contributed by atoms with Gasteiger partial charge in [-0.25, -0.2) is 0 Å². The molecular formula is C21H27NO. The van der Waals surface area contributed by atoms with Crippen LogP contribution in [0.3, 0.4) is 0 Å². The summed E-state index contributed by atoms with van der Waals surface area (Å²) in [5.74, 6) is 2.56. The Morgan fingerprint density at radius 1 is 0.826 bits per heavy atom. The molecule has 1 atom stereocenters. The molecule has 2 aromatic rings. The molecule has 1 unspecified atom stereocenters. The summed E-state index contributed by atoms with van der Waals surface area (Å²) in [6.07, 6.45) is 8.33. The fourth-order valence-corrected chi connectivity index (χ4v) is 3.44. The van der Waals surface area contributed by atoms with E-state index in [1.165, 1.54) is 44.2 Å². The highest BCUT2D eigenvalue weighted by Crippen LogP contribution is 2.28. The second kappa shape index (κ2) is 8.05. The summed E-state index contributed by atoms with van der Waals surface area (Å²) < 4.78 is 5.84. The van der Waals surface area contributed by atoms with Gasteiger partial charge in [-0.2, -0.15) is 0 Å². The monoisotopic (exact) mass is 309 g/mol. The first-order valence-corrected chi connectivity index (χ1v) is 8.91. The highest BCUT2D eigenvalue weighted by atomic mass is 16.5. The van der Waals surface area contributed by atoms with E-state index in [0.29, 0.717) is 6.04 Å². The summed E-state index contributed by atoms with van der Waals surface area (Å²) >= 11 is 0. The lowest BCUT2D eigenvalue weighted by molar-refractivity contribution is 0.412. The van der Waals surface area contributed by atoms with E-state index in [1.54, 1.807) is 0 Å². The summed E-state index contributed by atoms with van der Waals surface area (Å²) in [6.45, 7) is 2.32. The lowest BCUT2D eigenvalue weighted by atomic mass is 9.93. The van der Waals surface area contributed by atoms with Crippen LogP contribution in [0, 0.1) is 5.92 Å². The molecule has 0 spiro atoms. The van der Waals surface area contributed by atoms with Crippen molar-refractivity contribution in [2.75, 3.05) is 5.32 Å². The van der Waals surface area contributed by atoms with Crippen molar-refractivity contribution in [2.24, 2.45) is 5.92 Å². The maximum Gasteiger partial charge on any atom is 0.127 e. The van der Waals surface area contributed by atoms with Crippen LogP contribution < -0.4 is 10.1 Å². The standard InChI is InChI=1S/C21H27NO/c1-17(18-9-5-2-3-6-10-18)22-19-13-15-21(16-14-19)23-20-11-7-4-8-12-20/h4,7-8,11-18,22H,2-3,5-6,9-10H2,1H3. The van der Waals surface area contributed by atoms with E-state index in [9.17, 15) is 0 Å². The lowest BCUT2D eigenvalue weighted by Gasteiger charge is -2.24. The average molecular weight is 309 g/mol. The molecule has 1 aliphatic carbocycles. The molecule has 0 bridgehead atoms. The molecule has 1 saturated carbocycles. The van der Waals surface area contributed by atoms with Crippen LogP contribution in [-0.4, -0.2) is 6.04 Å². The first kappa shape index (κ1) is 15.9. The number of nitrogens with one attached hydrogen (secondary N) is 1. The number of hydrogen-bond acceptors (Lipinski definition) is 2. The maximum atomic E-state index is 5.84. The molecule has 0 amide bonds. The summed E-state index contributed by atoms with van der Waals surface area (Å²) in [5.41, 5.74) is 1.18. The molecule has 0 saturated heterocycles. The van der Waals surface area contributed by atoms with Crippen molar-refractivity contribution in [1.82, 2.24) is 0 Å². The third-order valence-electron chi connectivity index (χ3n) is 4.83. The second-order valence-electron chi connectivity index (χ2n) is 6.62. The van der Waals surface area contributed by atoms with Gasteiger partial charge in [0.1, 0.15) is 11.5 Å². The van der Waals surface area contributed by atoms with Gasteiger partial charge < -0.3 is 10.1 Å². The van der Waals surface area contributed by atoms with Crippen molar-refractivity contribution in [2.45, 2.75) is 51.5 Å². The molecule has 2 nitrogen and oxygen atoms in total. The average Bonchev–Trinajstić information content (AvgIpc) is 2.87. The quantitative estimate of drug-likeness (QED) is 0.659. The van der Waals surface area contributed by atoms with Gasteiger partial charge in [-0.15, -0.1) is 0 Å². The SMILES string of the molecule is CC(Nc1ccc(Oc2ccccc2)cc1)C1CCCCCC1. The van der Waals surface area contributed by atoms with Crippen LogP contribution >= 0.6 is 0 Å². The highest BCUT2D eigenvalue weighted by molar-refractivity contribution is 5.47. The minimum absolute atomic E-state index is 0.536. The van der Waals surface area contributed by atoms with Gasteiger partial charge >= 0.3 is 0 Å². The van der Waals surface area contributed by atoms with Crippen molar-refractivity contribution in [1.29, 1.82) is 0 Å². The summed E-state index contributed by atoms with van der Waals surface area (Å²) in [6, 6.07) is 18.8. The second-order valence-corrected chi connectivity index (χ2v) is 6.62. The van der Waals surface area contributed by atoms with Gasteiger partial charge in [-0.05, 0) is 62.1 Å². The lowest BCUT2D eigenvalue weighted by Crippen LogP contribution is -2.25. The fourth-order valence-electron chi connectivity index (χ4n) is 3.44. The Bertz CT molecular complexity index is 571. The molecule has 1 aliphatic rings. The number of hydrogen-bond donors (Lipinski definition) is 1. The van der Waals surface area contributed by atoms with Gasteiger partial charge in [-0.1, -0.05) is 43.9 Å². The minimum Gasteiger partial charge on any atom is -0.457 e. The predicted molar refractivity (Wildman–Crippen MR) is 97.2 cm³/mol. The third-order valence-corrected chi connectivity index (χ3v) is 4.83. The zero-order chi connectivity index (χ0) is 15.9. The summed E-state index contributed by atoms with van der Waals surface area (Å²) in [5, 5.41) is 3.67. The number of rotatable bonds is 5. The van der Waals surface area contributed by atoms with Crippen LogP contribution in [0.15, 0.2) is 54.6 Å². The third kappa shape index (κ3) is 4.75. The molecule has 23 heavy (non-hydrogen) atoms. The minimum atomic E-state index is 0.536. The van der Waals surface area contributed by atoms with Gasteiger partial charge in [-0.3, -0.25) is 0 Å². The summed E-state index contributed by atoms with van der Waals surface area (Å²) in [7, 11) is 0. The molecular weight excluding hydrogens is 282 g/mol. The number of ether oxygens (including phenoxy) is 1. The Morgan fingerprint density at radius 2 is 1.43 bits per heavy atom. The molecule has 0 heterocycles. The predicted octanol–water partition coefficient (Wildman–Crippen LogP) is 6.25. The van der Waals surface area contributed by atoms with Gasteiger partial charge in [0.2, 0.25) is 0 Å². The Labute approximate surface area is 139 Å². The summed E-state index contributed by atoms with van der Waals surface area (Å²) in [4.78, 5) is 0. The number of para-hydroxylation sites is 1. The Balaban J connectivity index is 1.56. The smallest absolute Gasteiger partial charge is 0.127 e. The molecule has 1 fully saturated rings. The van der Waals surface area contributed by atoms with E-state index < -0.39 is 0 Å². The van der Waals surface area contributed by atoms with E-state index in [0.717, 1.165) is 17.4 Å². The Hall–Kier alpha value is -1.96. The van der Waals surface area contributed by atoms with Crippen LogP contribution in [-0.2, 0) is 0 Å². The molecule has 2 aromatic carbocycles. The van der Waals surface area contributed by atoms with E-state index in [2.05, 4.69) is 24.4 Å².